The van der Waals surface area contributed by atoms with E-state index in [1.165, 1.54) is 24.1 Å². The molecular formula is C10H15N3. The van der Waals surface area contributed by atoms with Gasteiger partial charge in [0.05, 0.1) is 0 Å². The fraction of sp³-hybridized carbons (Fsp3) is 0.600. The van der Waals surface area contributed by atoms with Gasteiger partial charge >= 0.3 is 0 Å². The summed E-state index contributed by atoms with van der Waals surface area (Å²) in [4.78, 5) is 8.74. The molecule has 0 unspecified atom stereocenters. The average molecular weight is 177 g/mol. The van der Waals surface area contributed by atoms with Crippen molar-refractivity contribution in [2.75, 3.05) is 11.9 Å². The highest BCUT2D eigenvalue weighted by Crippen LogP contribution is 2.19. The second-order valence-corrected chi connectivity index (χ2v) is 3.40. The van der Waals surface area contributed by atoms with Crippen LogP contribution >= 0.6 is 0 Å². The lowest BCUT2D eigenvalue weighted by Crippen LogP contribution is -2.10. The summed E-state index contributed by atoms with van der Waals surface area (Å²) in [6.45, 7) is 2.95. The third kappa shape index (κ3) is 1.79. The Bertz CT molecular complexity index is 296. The van der Waals surface area contributed by atoms with Crippen LogP contribution in [0.1, 0.15) is 31.0 Å². The summed E-state index contributed by atoms with van der Waals surface area (Å²) >= 11 is 0. The third-order valence-electron chi connectivity index (χ3n) is 2.40. The van der Waals surface area contributed by atoms with Gasteiger partial charge in [-0.2, -0.15) is 0 Å². The van der Waals surface area contributed by atoms with Gasteiger partial charge in [0.15, 0.2) is 0 Å². The summed E-state index contributed by atoms with van der Waals surface area (Å²) in [5.74, 6) is 0.781. The number of hydrogen-bond donors (Lipinski definition) is 1. The molecule has 1 aromatic rings. The van der Waals surface area contributed by atoms with Crippen LogP contribution in [0.25, 0.3) is 0 Å². The van der Waals surface area contributed by atoms with Crippen molar-refractivity contribution in [2.24, 2.45) is 0 Å². The van der Waals surface area contributed by atoms with Gasteiger partial charge in [0.2, 0.25) is 5.95 Å². The molecule has 0 fully saturated rings. The van der Waals surface area contributed by atoms with Crippen molar-refractivity contribution in [1.29, 1.82) is 0 Å². The zero-order valence-electron chi connectivity index (χ0n) is 8.01. The Kier molecular flexibility index (Phi) is 2.43. The van der Waals surface area contributed by atoms with Crippen LogP contribution in [0.15, 0.2) is 6.20 Å². The number of anilines is 1. The Morgan fingerprint density at radius 2 is 2.23 bits per heavy atom. The Balaban J connectivity index is 2.24. The Morgan fingerprint density at radius 1 is 1.38 bits per heavy atom. The average Bonchev–Trinajstić information content (AvgIpc) is 2.18. The smallest absolute Gasteiger partial charge is 0.222 e. The number of aryl methyl sites for hydroxylation is 2. The molecule has 3 heteroatoms. The molecule has 1 aliphatic rings. The molecule has 0 saturated carbocycles. The van der Waals surface area contributed by atoms with E-state index in [1.807, 2.05) is 6.20 Å². The van der Waals surface area contributed by atoms with E-state index in [2.05, 4.69) is 22.2 Å². The second kappa shape index (κ2) is 3.73. The minimum atomic E-state index is 0.781. The number of hydrogen-bond acceptors (Lipinski definition) is 3. The molecule has 0 atom stereocenters. The minimum absolute atomic E-state index is 0.781. The lowest BCUT2D eigenvalue weighted by Gasteiger charge is -2.14. The van der Waals surface area contributed by atoms with E-state index in [-0.39, 0.29) is 0 Å². The van der Waals surface area contributed by atoms with Gasteiger partial charge in [-0.05, 0) is 38.2 Å². The zero-order valence-corrected chi connectivity index (χ0v) is 8.01. The predicted molar refractivity (Wildman–Crippen MR) is 52.8 cm³/mol. The fourth-order valence-corrected chi connectivity index (χ4v) is 1.72. The van der Waals surface area contributed by atoms with Crippen molar-refractivity contribution in [2.45, 2.75) is 32.6 Å². The van der Waals surface area contributed by atoms with Gasteiger partial charge in [-0.25, -0.2) is 9.97 Å². The first-order chi connectivity index (χ1) is 6.40. The van der Waals surface area contributed by atoms with Crippen LogP contribution in [-0.2, 0) is 12.8 Å². The van der Waals surface area contributed by atoms with Crippen molar-refractivity contribution >= 4 is 5.95 Å². The number of fused-ring (bicyclic) bond motifs is 1. The molecule has 70 valence electrons. The molecule has 1 heterocycles. The highest BCUT2D eigenvalue weighted by atomic mass is 15.1. The highest BCUT2D eigenvalue weighted by Gasteiger charge is 2.11. The maximum Gasteiger partial charge on any atom is 0.222 e. The Labute approximate surface area is 78.6 Å². The monoisotopic (exact) mass is 177 g/mol. The van der Waals surface area contributed by atoms with Crippen molar-refractivity contribution in [3.8, 4) is 0 Å². The van der Waals surface area contributed by atoms with Gasteiger partial charge in [-0.15, -0.1) is 0 Å². The van der Waals surface area contributed by atoms with E-state index in [0.717, 1.165) is 25.3 Å². The second-order valence-electron chi connectivity index (χ2n) is 3.40. The Hall–Kier alpha value is -1.12. The fourth-order valence-electron chi connectivity index (χ4n) is 1.72. The summed E-state index contributed by atoms with van der Waals surface area (Å²) in [7, 11) is 0. The van der Waals surface area contributed by atoms with E-state index in [4.69, 9.17) is 0 Å². The number of nitrogens with zero attached hydrogens (tertiary/aromatic N) is 2. The molecule has 0 bridgehead atoms. The molecule has 1 aliphatic carbocycles. The van der Waals surface area contributed by atoms with Crippen LogP contribution in [0, 0.1) is 0 Å². The van der Waals surface area contributed by atoms with E-state index in [0.29, 0.717) is 0 Å². The molecular weight excluding hydrogens is 162 g/mol. The van der Waals surface area contributed by atoms with E-state index >= 15 is 0 Å². The van der Waals surface area contributed by atoms with Gasteiger partial charge in [0, 0.05) is 18.4 Å². The summed E-state index contributed by atoms with van der Waals surface area (Å²) in [5.41, 5.74) is 2.59. The molecule has 2 rings (SSSR count). The lowest BCUT2D eigenvalue weighted by atomic mass is 9.98. The molecule has 0 radical (unpaired) electrons. The molecule has 3 nitrogen and oxygen atoms in total. The normalized spacial score (nSPS) is 15.2. The number of nitrogens with one attached hydrogen (secondary N) is 1. The first kappa shape index (κ1) is 8.48. The first-order valence-corrected chi connectivity index (χ1v) is 4.99. The maximum atomic E-state index is 4.48. The molecule has 1 aromatic heterocycles. The van der Waals surface area contributed by atoms with Crippen LogP contribution in [0.5, 0.6) is 0 Å². The van der Waals surface area contributed by atoms with Crippen molar-refractivity contribution in [1.82, 2.24) is 9.97 Å². The number of rotatable bonds is 2. The van der Waals surface area contributed by atoms with E-state index in [9.17, 15) is 0 Å². The van der Waals surface area contributed by atoms with Gasteiger partial charge in [-0.1, -0.05) is 0 Å². The van der Waals surface area contributed by atoms with Gasteiger partial charge in [-0.3, -0.25) is 0 Å². The third-order valence-corrected chi connectivity index (χ3v) is 2.40. The first-order valence-electron chi connectivity index (χ1n) is 4.99. The van der Waals surface area contributed by atoms with Crippen LogP contribution in [0.3, 0.4) is 0 Å². The van der Waals surface area contributed by atoms with Crippen molar-refractivity contribution in [3.05, 3.63) is 17.5 Å². The summed E-state index contributed by atoms with van der Waals surface area (Å²) in [5, 5.41) is 3.14. The Morgan fingerprint density at radius 3 is 3.08 bits per heavy atom. The van der Waals surface area contributed by atoms with Crippen molar-refractivity contribution in [3.63, 3.8) is 0 Å². The van der Waals surface area contributed by atoms with Gasteiger partial charge < -0.3 is 5.32 Å². The van der Waals surface area contributed by atoms with Crippen molar-refractivity contribution < 1.29 is 0 Å². The highest BCUT2D eigenvalue weighted by molar-refractivity contribution is 5.30. The molecule has 0 spiro atoms. The molecule has 0 saturated heterocycles. The molecule has 0 aliphatic heterocycles. The standard InChI is InChI=1S/C10H15N3/c1-2-11-10-12-7-8-5-3-4-6-9(8)13-10/h7H,2-6H2,1H3,(H,11,12,13). The van der Waals surface area contributed by atoms with E-state index < -0.39 is 0 Å². The largest absolute Gasteiger partial charge is 0.354 e. The minimum Gasteiger partial charge on any atom is -0.354 e. The summed E-state index contributed by atoms with van der Waals surface area (Å²) in [6.07, 6.45) is 6.81. The summed E-state index contributed by atoms with van der Waals surface area (Å²) < 4.78 is 0. The molecule has 0 aromatic carbocycles. The summed E-state index contributed by atoms with van der Waals surface area (Å²) in [6, 6.07) is 0. The molecule has 13 heavy (non-hydrogen) atoms. The number of aromatic nitrogens is 2. The zero-order chi connectivity index (χ0) is 9.10. The van der Waals surface area contributed by atoms with Gasteiger partial charge in [0.1, 0.15) is 0 Å². The van der Waals surface area contributed by atoms with Gasteiger partial charge in [0.25, 0.3) is 0 Å². The topological polar surface area (TPSA) is 37.8 Å². The lowest BCUT2D eigenvalue weighted by molar-refractivity contribution is 0.663. The maximum absolute atomic E-state index is 4.48. The quantitative estimate of drug-likeness (QED) is 0.748. The predicted octanol–water partition coefficient (Wildman–Crippen LogP) is 1.79. The SMILES string of the molecule is CCNc1ncc2c(n1)CCCC2. The van der Waals surface area contributed by atoms with E-state index in [1.54, 1.807) is 0 Å². The molecule has 1 N–H and O–H groups in total. The van der Waals surface area contributed by atoms with Crippen LogP contribution < -0.4 is 5.32 Å². The molecule has 0 amide bonds. The van der Waals surface area contributed by atoms with Crippen LogP contribution in [-0.4, -0.2) is 16.5 Å². The van der Waals surface area contributed by atoms with Crippen LogP contribution in [0.2, 0.25) is 0 Å². The van der Waals surface area contributed by atoms with Crippen LogP contribution in [0.4, 0.5) is 5.95 Å².